The predicted molar refractivity (Wildman–Crippen MR) is 146 cm³/mol. The molecule has 0 spiro atoms. The fraction of sp³-hybridized carbons (Fsp3) is 0.233. The number of likely N-dealkylation sites (tertiary alicyclic amines) is 1. The number of aromatic nitrogens is 4. The number of piperazine rings is 1. The second-order valence-corrected chi connectivity index (χ2v) is 9.94. The summed E-state index contributed by atoms with van der Waals surface area (Å²) >= 11 is 0. The minimum Gasteiger partial charge on any atom is -0.497 e. The average Bonchev–Trinajstić information content (AvgIpc) is 3.66. The summed E-state index contributed by atoms with van der Waals surface area (Å²) in [5, 5.41) is 5.10. The molecule has 3 aromatic heterocycles. The number of pyridine rings is 1. The Labute approximate surface area is 216 Å². The minimum atomic E-state index is 0.618. The van der Waals surface area contributed by atoms with Crippen molar-refractivity contribution in [2.45, 2.75) is 18.5 Å². The number of ether oxygens (including phenoxy) is 1. The second kappa shape index (κ2) is 8.71. The molecule has 37 heavy (non-hydrogen) atoms. The summed E-state index contributed by atoms with van der Waals surface area (Å²) < 4.78 is 7.48. The number of nitrogens with zero attached hydrogens (tertiary/aromatic N) is 6. The maximum atomic E-state index is 5.52. The van der Waals surface area contributed by atoms with Gasteiger partial charge in [-0.15, -0.1) is 0 Å². The zero-order chi connectivity index (χ0) is 24.9. The number of fused-ring (bicyclic) bond motifs is 3. The monoisotopic (exact) mass is 488 g/mol. The highest BCUT2D eigenvalue weighted by molar-refractivity contribution is 5.91. The summed E-state index contributed by atoms with van der Waals surface area (Å²) in [5.74, 6) is 0.797. The molecule has 5 heterocycles. The van der Waals surface area contributed by atoms with Crippen LogP contribution in [0.3, 0.4) is 0 Å². The molecular weight excluding hydrogens is 460 g/mol. The van der Waals surface area contributed by atoms with E-state index in [9.17, 15) is 0 Å². The van der Waals surface area contributed by atoms with Crippen molar-refractivity contribution in [1.29, 1.82) is 0 Å². The fourth-order valence-corrected chi connectivity index (χ4v) is 5.93. The Bertz CT molecular complexity index is 1580. The van der Waals surface area contributed by atoms with Crippen molar-refractivity contribution >= 4 is 11.3 Å². The van der Waals surface area contributed by atoms with E-state index in [1.165, 1.54) is 12.1 Å². The van der Waals surface area contributed by atoms with Crippen LogP contribution in [-0.4, -0.2) is 63.8 Å². The Hall–Kier alpha value is -4.23. The number of likely N-dealkylation sites (N-methyl/N-ethyl adjacent to an activating group) is 1. The lowest BCUT2D eigenvalue weighted by Crippen LogP contribution is -2.44. The van der Waals surface area contributed by atoms with Gasteiger partial charge in [-0.3, -0.25) is 9.88 Å². The van der Waals surface area contributed by atoms with E-state index in [0.717, 1.165) is 58.1 Å². The first kappa shape index (κ1) is 22.0. The van der Waals surface area contributed by atoms with Crippen LogP contribution in [0.25, 0.3) is 39.3 Å². The minimum absolute atomic E-state index is 0.618. The number of benzene rings is 2. The van der Waals surface area contributed by atoms with Gasteiger partial charge in [-0.25, -0.2) is 9.50 Å². The molecule has 2 bridgehead atoms. The van der Waals surface area contributed by atoms with E-state index >= 15 is 0 Å². The first-order valence-corrected chi connectivity index (χ1v) is 12.7. The van der Waals surface area contributed by atoms with Crippen LogP contribution in [0, 0.1) is 0 Å². The lowest BCUT2D eigenvalue weighted by atomic mass is 10.0. The smallest absolute Gasteiger partial charge is 0.164 e. The van der Waals surface area contributed by atoms with Gasteiger partial charge < -0.3 is 9.64 Å². The van der Waals surface area contributed by atoms with Gasteiger partial charge in [-0.2, -0.15) is 5.10 Å². The number of hydrogen-bond acceptors (Lipinski definition) is 6. The zero-order valence-electron chi connectivity index (χ0n) is 21.0. The van der Waals surface area contributed by atoms with Gasteiger partial charge in [0, 0.05) is 60.6 Å². The van der Waals surface area contributed by atoms with Crippen LogP contribution in [0.15, 0.2) is 85.3 Å². The number of rotatable bonds is 5. The van der Waals surface area contributed by atoms with Crippen molar-refractivity contribution in [2.24, 2.45) is 0 Å². The quantitative estimate of drug-likeness (QED) is 0.346. The van der Waals surface area contributed by atoms with Crippen LogP contribution >= 0.6 is 0 Å². The van der Waals surface area contributed by atoms with E-state index in [2.05, 4.69) is 52.2 Å². The number of methoxy groups -OCH3 is 1. The van der Waals surface area contributed by atoms with Gasteiger partial charge >= 0.3 is 0 Å². The molecule has 2 aliphatic rings. The summed E-state index contributed by atoms with van der Waals surface area (Å²) in [6, 6.07) is 24.3. The molecule has 2 aromatic carbocycles. The van der Waals surface area contributed by atoms with Crippen LogP contribution in [-0.2, 0) is 0 Å². The molecular formula is C30H28N6O. The molecule has 2 unspecified atom stereocenters. The number of anilines is 1. The van der Waals surface area contributed by atoms with E-state index < -0.39 is 0 Å². The van der Waals surface area contributed by atoms with Crippen molar-refractivity contribution in [1.82, 2.24) is 24.5 Å². The highest BCUT2D eigenvalue weighted by Gasteiger charge is 2.41. The van der Waals surface area contributed by atoms with Crippen LogP contribution in [0.1, 0.15) is 6.42 Å². The SMILES string of the molecule is COc1cccc(-c2c(-c3ccncc3)nn3c(-c4ccc(N5CC6CC5CN6C)cc4)ccnc23)c1. The van der Waals surface area contributed by atoms with Crippen molar-refractivity contribution in [3.63, 3.8) is 0 Å². The van der Waals surface area contributed by atoms with E-state index in [4.69, 9.17) is 14.8 Å². The molecule has 2 aliphatic heterocycles. The highest BCUT2D eigenvalue weighted by atomic mass is 16.5. The van der Waals surface area contributed by atoms with E-state index in [0.29, 0.717) is 12.1 Å². The Morgan fingerprint density at radius 1 is 0.838 bits per heavy atom. The average molecular weight is 489 g/mol. The Balaban J connectivity index is 1.34. The zero-order valence-corrected chi connectivity index (χ0v) is 21.0. The molecule has 0 saturated carbocycles. The van der Waals surface area contributed by atoms with E-state index in [1.807, 2.05) is 47.1 Å². The largest absolute Gasteiger partial charge is 0.497 e. The standard InChI is InChI=1S/C30H28N6O/c1-34-18-25-17-24(34)19-35(25)23-8-6-20(7-9-23)27-12-15-32-30-28(22-4-3-5-26(16-22)37-2)29(33-36(27)30)21-10-13-31-14-11-21/h3-16,24-25H,17-19H2,1-2H3. The maximum absolute atomic E-state index is 5.52. The summed E-state index contributed by atoms with van der Waals surface area (Å²) in [7, 11) is 3.93. The first-order valence-electron chi connectivity index (χ1n) is 12.7. The lowest BCUT2D eigenvalue weighted by molar-refractivity contribution is 0.292. The molecule has 5 aromatic rings. The van der Waals surface area contributed by atoms with Crippen molar-refractivity contribution in [3.8, 4) is 39.4 Å². The number of hydrogen-bond donors (Lipinski definition) is 0. The molecule has 0 radical (unpaired) electrons. The fourth-order valence-electron chi connectivity index (χ4n) is 5.93. The van der Waals surface area contributed by atoms with E-state index in [1.54, 1.807) is 19.5 Å². The third-order valence-corrected chi connectivity index (χ3v) is 7.84. The maximum Gasteiger partial charge on any atom is 0.164 e. The topological polar surface area (TPSA) is 58.8 Å². The normalized spacial score (nSPS) is 19.1. The van der Waals surface area contributed by atoms with Crippen LogP contribution in [0.4, 0.5) is 5.69 Å². The van der Waals surface area contributed by atoms with Gasteiger partial charge in [0.15, 0.2) is 5.65 Å². The van der Waals surface area contributed by atoms with Gasteiger partial charge in [-0.05, 0) is 61.5 Å². The van der Waals surface area contributed by atoms with Gasteiger partial charge in [0.25, 0.3) is 0 Å². The molecule has 0 N–H and O–H groups in total. The second-order valence-electron chi connectivity index (χ2n) is 9.94. The molecule has 7 heteroatoms. The summed E-state index contributed by atoms with van der Waals surface area (Å²) in [5.41, 5.74) is 8.06. The third-order valence-electron chi connectivity index (χ3n) is 7.84. The Kier molecular flexibility index (Phi) is 5.18. The van der Waals surface area contributed by atoms with Gasteiger partial charge in [0.1, 0.15) is 11.4 Å². The Morgan fingerprint density at radius 2 is 1.68 bits per heavy atom. The van der Waals surface area contributed by atoms with Crippen molar-refractivity contribution in [3.05, 3.63) is 85.3 Å². The van der Waals surface area contributed by atoms with E-state index in [-0.39, 0.29) is 0 Å². The third kappa shape index (κ3) is 3.65. The van der Waals surface area contributed by atoms with Crippen LogP contribution < -0.4 is 9.64 Å². The molecule has 0 aliphatic carbocycles. The van der Waals surface area contributed by atoms with Gasteiger partial charge in [-0.1, -0.05) is 24.3 Å². The molecule has 2 fully saturated rings. The van der Waals surface area contributed by atoms with Crippen LogP contribution in [0.5, 0.6) is 5.75 Å². The molecule has 7 nitrogen and oxygen atoms in total. The highest BCUT2D eigenvalue weighted by Crippen LogP contribution is 2.38. The molecule has 7 rings (SSSR count). The molecule has 2 saturated heterocycles. The van der Waals surface area contributed by atoms with Gasteiger partial charge in [0.05, 0.1) is 18.4 Å². The van der Waals surface area contributed by atoms with Crippen molar-refractivity contribution < 1.29 is 4.74 Å². The summed E-state index contributed by atoms with van der Waals surface area (Å²) in [6.45, 7) is 2.26. The molecule has 0 amide bonds. The molecule has 184 valence electrons. The molecule has 2 atom stereocenters. The predicted octanol–water partition coefficient (Wildman–Crippen LogP) is 5.03. The van der Waals surface area contributed by atoms with Crippen molar-refractivity contribution in [2.75, 3.05) is 32.1 Å². The summed E-state index contributed by atoms with van der Waals surface area (Å²) in [4.78, 5) is 14.0. The first-order chi connectivity index (χ1) is 18.2. The summed E-state index contributed by atoms with van der Waals surface area (Å²) in [6.07, 6.45) is 6.73. The van der Waals surface area contributed by atoms with Crippen LogP contribution in [0.2, 0.25) is 0 Å². The van der Waals surface area contributed by atoms with Gasteiger partial charge in [0.2, 0.25) is 0 Å². The lowest BCUT2D eigenvalue weighted by Gasteiger charge is -2.33. The Morgan fingerprint density at radius 3 is 2.41 bits per heavy atom.